The number of para-hydroxylation sites is 1. The highest BCUT2D eigenvalue weighted by molar-refractivity contribution is 6.17. The molecule has 3 N–H and O–H groups in total. The third-order valence-corrected chi connectivity index (χ3v) is 4.56. The Balaban J connectivity index is 2.20. The summed E-state index contributed by atoms with van der Waals surface area (Å²) in [4.78, 5) is 38.4. The van der Waals surface area contributed by atoms with Crippen LogP contribution in [0.3, 0.4) is 0 Å². The molecule has 0 saturated heterocycles. The molecular formula is C18H14N2O6. The van der Waals surface area contributed by atoms with Gasteiger partial charge in [0.15, 0.2) is 0 Å². The van der Waals surface area contributed by atoms with Crippen LogP contribution in [0.15, 0.2) is 51.0 Å². The smallest absolute Gasteiger partial charge is 0.344 e. The van der Waals surface area contributed by atoms with Crippen molar-refractivity contribution in [2.75, 3.05) is 12.4 Å². The van der Waals surface area contributed by atoms with Crippen LogP contribution in [-0.2, 0) is 19.7 Å². The third kappa shape index (κ3) is 1.81. The largest absolute Gasteiger partial charge is 0.465 e. The number of benzene rings is 1. The van der Waals surface area contributed by atoms with Gasteiger partial charge in [-0.15, -0.1) is 0 Å². The van der Waals surface area contributed by atoms with E-state index in [1.165, 1.54) is 6.07 Å². The van der Waals surface area contributed by atoms with Crippen LogP contribution in [-0.4, -0.2) is 19.0 Å². The molecule has 132 valence electrons. The van der Waals surface area contributed by atoms with Crippen LogP contribution >= 0.6 is 0 Å². The molecule has 1 aromatic carbocycles. The van der Waals surface area contributed by atoms with E-state index in [0.717, 1.165) is 7.11 Å². The number of esters is 1. The van der Waals surface area contributed by atoms with Crippen LogP contribution in [0, 0.1) is 6.92 Å². The maximum absolute atomic E-state index is 13.1. The summed E-state index contributed by atoms with van der Waals surface area (Å²) in [5, 5.41) is 2.70. The zero-order chi connectivity index (χ0) is 18.6. The lowest BCUT2D eigenvalue weighted by Gasteiger charge is -2.33. The molecule has 1 aromatic heterocycles. The van der Waals surface area contributed by atoms with Crippen LogP contribution in [0.5, 0.6) is 5.75 Å². The minimum atomic E-state index is -1.81. The Kier molecular flexibility index (Phi) is 3.20. The number of rotatable bonds is 1. The van der Waals surface area contributed by atoms with Crippen molar-refractivity contribution in [2.45, 2.75) is 12.3 Å². The van der Waals surface area contributed by atoms with Crippen LogP contribution in [0.25, 0.3) is 0 Å². The molecule has 3 heterocycles. The van der Waals surface area contributed by atoms with Crippen LogP contribution in [0.4, 0.5) is 5.69 Å². The summed E-state index contributed by atoms with van der Waals surface area (Å²) in [6, 6.07) is 8.17. The lowest BCUT2D eigenvalue weighted by atomic mass is 9.69. The molecule has 1 spiro atoms. The van der Waals surface area contributed by atoms with Crippen molar-refractivity contribution in [3.05, 3.63) is 69.1 Å². The van der Waals surface area contributed by atoms with Gasteiger partial charge in [0.1, 0.15) is 28.1 Å². The maximum Gasteiger partial charge on any atom is 0.344 e. The third-order valence-electron chi connectivity index (χ3n) is 4.56. The number of carbonyl (C=O) groups is 2. The number of methoxy groups -OCH3 is 1. The Morgan fingerprint density at radius 3 is 2.73 bits per heavy atom. The molecule has 2 aliphatic rings. The van der Waals surface area contributed by atoms with E-state index < -0.39 is 22.9 Å². The molecule has 4 rings (SSSR count). The summed E-state index contributed by atoms with van der Waals surface area (Å²) < 4.78 is 15.5. The van der Waals surface area contributed by atoms with Gasteiger partial charge in [-0.2, -0.15) is 0 Å². The SMILES string of the molecule is COC(=O)C1=C(N)Oc2cc(C)oc(=O)c2[C@]12C(=O)Nc1ccccc12. The number of aryl methyl sites for hydroxylation is 1. The monoisotopic (exact) mass is 354 g/mol. The average molecular weight is 354 g/mol. The highest BCUT2D eigenvalue weighted by Crippen LogP contribution is 2.52. The first-order chi connectivity index (χ1) is 12.4. The van der Waals surface area contributed by atoms with Crippen molar-refractivity contribution in [2.24, 2.45) is 5.73 Å². The van der Waals surface area contributed by atoms with Gasteiger partial charge in [0.2, 0.25) is 11.8 Å². The number of hydrogen-bond acceptors (Lipinski definition) is 7. The summed E-state index contributed by atoms with van der Waals surface area (Å²) in [6.07, 6.45) is 0. The zero-order valence-corrected chi connectivity index (χ0v) is 13.9. The molecule has 0 unspecified atom stereocenters. The molecule has 2 aliphatic heterocycles. The number of nitrogens with one attached hydrogen (secondary N) is 1. The van der Waals surface area contributed by atoms with Crippen LogP contribution < -0.4 is 21.4 Å². The molecule has 1 amide bonds. The lowest BCUT2D eigenvalue weighted by Crippen LogP contribution is -2.48. The van der Waals surface area contributed by atoms with Crippen LogP contribution in [0.2, 0.25) is 0 Å². The highest BCUT2D eigenvalue weighted by Gasteiger charge is 2.60. The minimum absolute atomic E-state index is 0.0655. The van der Waals surface area contributed by atoms with Gasteiger partial charge in [0.05, 0.1) is 7.11 Å². The zero-order valence-electron chi connectivity index (χ0n) is 13.9. The van der Waals surface area contributed by atoms with Gasteiger partial charge in [-0.1, -0.05) is 18.2 Å². The van der Waals surface area contributed by atoms with E-state index in [1.807, 2.05) is 0 Å². The minimum Gasteiger partial charge on any atom is -0.465 e. The topological polar surface area (TPSA) is 121 Å². The second kappa shape index (κ2) is 5.22. The predicted octanol–water partition coefficient (Wildman–Crippen LogP) is 0.922. The molecule has 0 bridgehead atoms. The van der Waals surface area contributed by atoms with Crippen molar-refractivity contribution in [3.8, 4) is 5.75 Å². The molecule has 1 atom stereocenters. The Morgan fingerprint density at radius 2 is 2.00 bits per heavy atom. The van der Waals surface area contributed by atoms with Gasteiger partial charge in [-0.3, -0.25) is 4.79 Å². The lowest BCUT2D eigenvalue weighted by molar-refractivity contribution is -0.138. The molecular weight excluding hydrogens is 340 g/mol. The normalized spacial score (nSPS) is 20.3. The van der Waals surface area contributed by atoms with Gasteiger partial charge < -0.3 is 24.9 Å². The standard InChI is InChI=1S/C18H14N2O6/c1-8-7-11-12(16(22)25-8)18(13(14(19)26-11)15(21)24-2)9-5-3-4-6-10(9)20-17(18)23/h3-7H,19H2,1-2H3,(H,20,23)/t18-/m0/s1. The number of amides is 1. The van der Waals surface area contributed by atoms with E-state index in [9.17, 15) is 14.4 Å². The molecule has 0 aliphatic carbocycles. The molecule has 0 radical (unpaired) electrons. The first kappa shape index (κ1) is 15.9. The fourth-order valence-corrected chi connectivity index (χ4v) is 3.59. The van der Waals surface area contributed by atoms with Gasteiger partial charge in [-0.05, 0) is 13.0 Å². The van der Waals surface area contributed by atoms with E-state index in [1.54, 1.807) is 31.2 Å². The molecule has 2 aromatic rings. The van der Waals surface area contributed by atoms with Crippen LogP contribution in [0.1, 0.15) is 16.9 Å². The van der Waals surface area contributed by atoms with Crippen molar-refractivity contribution in [1.29, 1.82) is 0 Å². The van der Waals surface area contributed by atoms with Gasteiger partial charge >= 0.3 is 11.6 Å². The number of fused-ring (bicyclic) bond motifs is 4. The summed E-state index contributed by atoms with van der Waals surface area (Å²) in [5.74, 6) is -1.44. The second-order valence-corrected chi connectivity index (χ2v) is 5.97. The van der Waals surface area contributed by atoms with Gasteiger partial charge in [0.25, 0.3) is 0 Å². The summed E-state index contributed by atoms with van der Waals surface area (Å²) >= 11 is 0. The average Bonchev–Trinajstić information content (AvgIpc) is 2.86. The number of hydrogen-bond donors (Lipinski definition) is 2. The van der Waals surface area contributed by atoms with E-state index in [-0.39, 0.29) is 28.5 Å². The number of ether oxygens (including phenoxy) is 2. The quantitative estimate of drug-likeness (QED) is 0.731. The Bertz CT molecular complexity index is 1070. The summed E-state index contributed by atoms with van der Waals surface area (Å²) in [6.45, 7) is 1.57. The van der Waals surface area contributed by atoms with Crippen molar-refractivity contribution >= 4 is 17.6 Å². The highest BCUT2D eigenvalue weighted by atomic mass is 16.5. The van der Waals surface area contributed by atoms with Crippen molar-refractivity contribution in [1.82, 2.24) is 0 Å². The number of nitrogens with two attached hydrogens (primary N) is 1. The maximum atomic E-state index is 13.1. The second-order valence-electron chi connectivity index (χ2n) is 5.97. The number of anilines is 1. The molecule has 0 saturated carbocycles. The molecule has 8 nitrogen and oxygen atoms in total. The molecule has 8 heteroatoms. The fourth-order valence-electron chi connectivity index (χ4n) is 3.59. The molecule has 26 heavy (non-hydrogen) atoms. The van der Waals surface area contributed by atoms with E-state index in [0.29, 0.717) is 11.3 Å². The van der Waals surface area contributed by atoms with Crippen molar-refractivity contribution < 1.29 is 23.5 Å². The van der Waals surface area contributed by atoms with Gasteiger partial charge in [-0.25, -0.2) is 9.59 Å². The van der Waals surface area contributed by atoms with E-state index >= 15 is 0 Å². The fraction of sp³-hybridized carbons (Fsp3) is 0.167. The Labute approximate surface area is 147 Å². The summed E-state index contributed by atoms with van der Waals surface area (Å²) in [7, 11) is 1.15. The summed E-state index contributed by atoms with van der Waals surface area (Å²) in [5.41, 5.74) is 3.87. The Hall–Kier alpha value is -3.55. The van der Waals surface area contributed by atoms with Crippen molar-refractivity contribution in [3.63, 3.8) is 0 Å². The van der Waals surface area contributed by atoms with Gasteiger partial charge in [0, 0.05) is 17.3 Å². The Morgan fingerprint density at radius 1 is 1.27 bits per heavy atom. The molecule has 0 fully saturated rings. The van der Waals surface area contributed by atoms with E-state index in [4.69, 9.17) is 19.6 Å². The number of carbonyl (C=O) groups excluding carboxylic acids is 2. The van der Waals surface area contributed by atoms with E-state index in [2.05, 4.69) is 5.32 Å². The first-order valence-electron chi connectivity index (χ1n) is 7.73. The predicted molar refractivity (Wildman–Crippen MR) is 89.4 cm³/mol. The first-order valence-corrected chi connectivity index (χ1v) is 7.73.